The van der Waals surface area contributed by atoms with Gasteiger partial charge in [0.25, 0.3) is 0 Å². The minimum atomic E-state index is 0.774. The van der Waals surface area contributed by atoms with Crippen molar-refractivity contribution >= 4 is 30.3 Å². The van der Waals surface area contributed by atoms with Crippen LogP contribution >= 0.6 is 30.3 Å². The van der Waals surface area contributed by atoms with E-state index in [9.17, 15) is 0 Å². The van der Waals surface area contributed by atoms with Gasteiger partial charge < -0.3 is 0 Å². The van der Waals surface area contributed by atoms with Gasteiger partial charge in [0.15, 0.2) is 0 Å². The Kier molecular flexibility index (Phi) is 3.20. The van der Waals surface area contributed by atoms with Crippen molar-refractivity contribution in [3.8, 4) is 0 Å². The zero-order valence-corrected chi connectivity index (χ0v) is 8.17. The Balaban J connectivity index is 2.79. The first kappa shape index (κ1) is 8.06. The molecule has 1 aromatic heterocycles. The van der Waals surface area contributed by atoms with Gasteiger partial charge in [0.05, 0.1) is 0 Å². The lowest BCUT2D eigenvalue weighted by molar-refractivity contribution is 0.934. The highest BCUT2D eigenvalue weighted by molar-refractivity contribution is 14.2. The number of nitrogens with zero attached hydrogens (tertiary/aromatic N) is 3. The third kappa shape index (κ3) is 1.72. The fraction of sp³-hybridized carbons (Fsp3) is 0.200. The highest BCUT2D eigenvalue weighted by Gasteiger charge is 1.99. The van der Waals surface area contributed by atoms with E-state index in [1.54, 1.807) is 10.4 Å². The summed E-state index contributed by atoms with van der Waals surface area (Å²) in [6.07, 6.45) is 4.13. The van der Waals surface area contributed by atoms with Crippen LogP contribution in [0, 0.1) is 0 Å². The largest absolute Gasteiger partial charge is 0.219 e. The third-order valence-electron chi connectivity index (χ3n) is 0.976. The standard InChI is InChI=1S/C5H6IN3S/c1-2-3-5-7-4-8-9(5)10-6/h2,4H,1,3H2. The van der Waals surface area contributed by atoms with Crippen LogP contribution < -0.4 is 0 Å². The molecule has 0 saturated carbocycles. The molecule has 0 aliphatic carbocycles. The molecular formula is C5H6IN3S. The fourth-order valence-electron chi connectivity index (χ4n) is 0.573. The van der Waals surface area contributed by atoms with Crippen LogP contribution in [-0.4, -0.2) is 14.2 Å². The lowest BCUT2D eigenvalue weighted by Crippen LogP contribution is -1.93. The number of rotatable bonds is 3. The van der Waals surface area contributed by atoms with Gasteiger partial charge in [0, 0.05) is 36.7 Å². The van der Waals surface area contributed by atoms with Gasteiger partial charge in [-0.05, 0) is 0 Å². The first-order chi connectivity index (χ1) is 4.88. The highest BCUT2D eigenvalue weighted by atomic mass is 127. The van der Waals surface area contributed by atoms with Crippen LogP contribution in [0.25, 0.3) is 0 Å². The third-order valence-corrected chi connectivity index (χ3v) is 2.53. The molecule has 0 radical (unpaired) electrons. The normalized spacial score (nSPS) is 9.70. The van der Waals surface area contributed by atoms with Crippen LogP contribution in [0.5, 0.6) is 0 Å². The molecule has 0 N–H and O–H groups in total. The quantitative estimate of drug-likeness (QED) is 0.618. The van der Waals surface area contributed by atoms with E-state index in [0.29, 0.717) is 0 Å². The molecule has 54 valence electrons. The van der Waals surface area contributed by atoms with Crippen LogP contribution in [0.1, 0.15) is 5.82 Å². The van der Waals surface area contributed by atoms with Crippen LogP contribution in [0.2, 0.25) is 0 Å². The van der Waals surface area contributed by atoms with E-state index in [1.165, 1.54) is 9.12 Å². The first-order valence-corrected chi connectivity index (χ1v) is 5.99. The van der Waals surface area contributed by atoms with Gasteiger partial charge in [-0.2, -0.15) is 4.09 Å². The molecule has 0 aliphatic heterocycles. The molecule has 10 heavy (non-hydrogen) atoms. The van der Waals surface area contributed by atoms with Crippen LogP contribution in [0.15, 0.2) is 19.0 Å². The topological polar surface area (TPSA) is 30.7 Å². The van der Waals surface area contributed by atoms with Gasteiger partial charge in [-0.25, -0.2) is 4.98 Å². The van der Waals surface area contributed by atoms with Crippen molar-refractivity contribution in [1.29, 1.82) is 0 Å². The summed E-state index contributed by atoms with van der Waals surface area (Å²) >= 11 is 2.16. The van der Waals surface area contributed by atoms with Crippen molar-refractivity contribution in [2.75, 3.05) is 0 Å². The summed E-state index contributed by atoms with van der Waals surface area (Å²) in [5.74, 6) is 0.939. The lowest BCUT2D eigenvalue weighted by Gasteiger charge is -1.94. The smallest absolute Gasteiger partial charge is 0.144 e. The molecule has 0 amide bonds. The summed E-state index contributed by atoms with van der Waals surface area (Å²) in [4.78, 5) is 4.03. The second-order valence-corrected chi connectivity index (χ2v) is 3.28. The number of halogens is 1. The summed E-state index contributed by atoms with van der Waals surface area (Å²) in [6, 6.07) is 0. The summed E-state index contributed by atoms with van der Waals surface area (Å²) < 4.78 is 1.77. The SMILES string of the molecule is C=CCc1ncnn1SI. The molecule has 0 spiro atoms. The second kappa shape index (κ2) is 3.97. The van der Waals surface area contributed by atoms with Gasteiger partial charge in [-0.15, -0.1) is 11.7 Å². The Morgan fingerprint density at radius 1 is 1.90 bits per heavy atom. The Morgan fingerprint density at radius 2 is 2.70 bits per heavy atom. The summed E-state index contributed by atoms with van der Waals surface area (Å²) in [7, 11) is 1.51. The molecule has 1 heterocycles. The van der Waals surface area contributed by atoms with Gasteiger partial charge in [-0.3, -0.25) is 0 Å². The van der Waals surface area contributed by atoms with E-state index < -0.39 is 0 Å². The Morgan fingerprint density at radius 3 is 3.30 bits per heavy atom. The van der Waals surface area contributed by atoms with Gasteiger partial charge in [-0.1, -0.05) is 6.08 Å². The average molecular weight is 267 g/mol. The molecule has 0 saturated heterocycles. The van der Waals surface area contributed by atoms with E-state index in [-0.39, 0.29) is 0 Å². The number of hydrogen-bond acceptors (Lipinski definition) is 3. The number of hydrogen-bond donors (Lipinski definition) is 0. The predicted octanol–water partition coefficient (Wildman–Crippen LogP) is 1.85. The zero-order valence-electron chi connectivity index (χ0n) is 5.20. The molecule has 0 aliphatic rings. The van der Waals surface area contributed by atoms with Crippen molar-refractivity contribution < 1.29 is 0 Å². The van der Waals surface area contributed by atoms with Gasteiger partial charge in [0.2, 0.25) is 0 Å². The highest BCUT2D eigenvalue weighted by Crippen LogP contribution is 2.15. The molecule has 1 rings (SSSR count). The van der Waals surface area contributed by atoms with Crippen molar-refractivity contribution in [2.24, 2.45) is 0 Å². The average Bonchev–Trinajstić information content (AvgIpc) is 2.36. The molecule has 0 aromatic carbocycles. The monoisotopic (exact) mass is 267 g/mol. The molecule has 0 atom stereocenters. The summed E-state index contributed by atoms with van der Waals surface area (Å²) in [6.45, 7) is 3.62. The maximum atomic E-state index is 4.03. The molecule has 0 unspecified atom stereocenters. The molecule has 0 bridgehead atoms. The van der Waals surface area contributed by atoms with Gasteiger partial charge in [0.1, 0.15) is 12.2 Å². The summed E-state index contributed by atoms with van der Waals surface area (Å²) in [5, 5.41) is 3.97. The lowest BCUT2D eigenvalue weighted by atomic mass is 10.4. The van der Waals surface area contributed by atoms with Crippen molar-refractivity contribution in [1.82, 2.24) is 14.2 Å². The minimum Gasteiger partial charge on any atom is -0.219 e. The van der Waals surface area contributed by atoms with E-state index in [1.807, 2.05) is 6.08 Å². The van der Waals surface area contributed by atoms with E-state index in [4.69, 9.17) is 0 Å². The van der Waals surface area contributed by atoms with Crippen LogP contribution in [-0.2, 0) is 6.42 Å². The van der Waals surface area contributed by atoms with Gasteiger partial charge >= 0.3 is 0 Å². The Bertz CT molecular complexity index is 222. The zero-order chi connectivity index (χ0) is 7.40. The summed E-state index contributed by atoms with van der Waals surface area (Å²) in [5.41, 5.74) is 0. The van der Waals surface area contributed by atoms with Crippen molar-refractivity contribution in [3.05, 3.63) is 24.8 Å². The number of allylic oxidation sites excluding steroid dienone is 1. The Labute approximate surface area is 75.6 Å². The maximum Gasteiger partial charge on any atom is 0.144 e. The second-order valence-electron chi connectivity index (χ2n) is 1.61. The minimum absolute atomic E-state index is 0.774. The molecule has 5 heteroatoms. The van der Waals surface area contributed by atoms with E-state index >= 15 is 0 Å². The van der Waals surface area contributed by atoms with Crippen LogP contribution in [0.3, 0.4) is 0 Å². The Hall–Kier alpha value is -0.0400. The molecule has 0 fully saturated rings. The van der Waals surface area contributed by atoms with E-state index in [0.717, 1.165) is 12.2 Å². The van der Waals surface area contributed by atoms with E-state index in [2.05, 4.69) is 37.9 Å². The first-order valence-electron chi connectivity index (χ1n) is 2.67. The molecule has 3 nitrogen and oxygen atoms in total. The van der Waals surface area contributed by atoms with Crippen molar-refractivity contribution in [3.63, 3.8) is 0 Å². The van der Waals surface area contributed by atoms with Crippen molar-refractivity contribution in [2.45, 2.75) is 6.42 Å². The molecular weight excluding hydrogens is 261 g/mol. The fourth-order valence-corrected chi connectivity index (χ4v) is 1.84. The number of aromatic nitrogens is 3. The molecule has 1 aromatic rings. The van der Waals surface area contributed by atoms with Crippen LogP contribution in [0.4, 0.5) is 0 Å². The predicted molar refractivity (Wildman–Crippen MR) is 50.9 cm³/mol. The maximum absolute atomic E-state index is 4.03.